The van der Waals surface area contributed by atoms with E-state index < -0.39 is 0 Å². The summed E-state index contributed by atoms with van der Waals surface area (Å²) in [6, 6.07) is 0. The second-order valence-corrected chi connectivity index (χ2v) is 1.78. The lowest BCUT2D eigenvalue weighted by molar-refractivity contribution is 1.43. The molecule has 0 aliphatic carbocycles. The van der Waals surface area contributed by atoms with E-state index in [0.717, 1.165) is 0 Å². The molecule has 2 heteroatoms. The van der Waals surface area contributed by atoms with E-state index in [9.17, 15) is 0 Å². The maximum Gasteiger partial charge on any atom is 0.0354 e. The van der Waals surface area contributed by atoms with Crippen molar-refractivity contribution in [3.05, 3.63) is 36.0 Å². The van der Waals surface area contributed by atoms with E-state index in [-0.39, 0.29) is 0 Å². The predicted molar refractivity (Wildman–Crippen MR) is 37.5 cm³/mol. The maximum atomic E-state index is 5.35. The van der Waals surface area contributed by atoms with E-state index in [1.165, 1.54) is 12.2 Å². The highest BCUT2D eigenvalue weighted by atomic mass is 35.5. The van der Waals surface area contributed by atoms with Gasteiger partial charge in [-0.2, -0.15) is 0 Å². The summed E-state index contributed by atoms with van der Waals surface area (Å²) < 4.78 is 0. The van der Waals surface area contributed by atoms with Crippen LogP contribution in [-0.2, 0) is 0 Å². The molecule has 0 atom stereocenters. The smallest absolute Gasteiger partial charge is 0.0354 e. The summed E-state index contributed by atoms with van der Waals surface area (Å²) in [5.41, 5.74) is 5.80. The van der Waals surface area contributed by atoms with Gasteiger partial charge in [0.05, 0.1) is 0 Å². The first kappa shape index (κ1) is 7.31. The normalized spacial score (nSPS) is 10.9. The molecule has 0 aliphatic heterocycles. The van der Waals surface area contributed by atoms with Crippen LogP contribution in [-0.4, -0.2) is 0 Å². The van der Waals surface area contributed by atoms with Crippen LogP contribution in [0.4, 0.5) is 0 Å². The van der Waals surface area contributed by atoms with E-state index in [0.29, 0.717) is 10.7 Å². The number of halogens is 1. The molecule has 0 amide bonds. The Bertz CT molecular complexity index is 135. The molecule has 0 fully saturated rings. The summed E-state index contributed by atoms with van der Waals surface area (Å²) in [5, 5.41) is 0.419. The number of allylic oxidation sites excluding steroid dienone is 3. The molecule has 0 bridgehead atoms. The fourth-order valence-electron chi connectivity index (χ4n) is 0.240. The molecular formula is C6H8ClN. The third-order valence-corrected chi connectivity index (χ3v) is 0.668. The summed E-state index contributed by atoms with van der Waals surface area (Å²) in [4.78, 5) is 0. The summed E-state index contributed by atoms with van der Waals surface area (Å²) in [6.07, 6.45) is 3.04. The Morgan fingerprint density at radius 3 is 2.25 bits per heavy atom. The van der Waals surface area contributed by atoms with Crippen molar-refractivity contribution in [1.82, 2.24) is 0 Å². The zero-order valence-corrected chi connectivity index (χ0v) is 5.28. The Kier molecular flexibility index (Phi) is 3.04. The van der Waals surface area contributed by atoms with E-state index in [1.807, 2.05) is 0 Å². The van der Waals surface area contributed by atoms with Gasteiger partial charge in [0.15, 0.2) is 0 Å². The second kappa shape index (κ2) is 3.33. The van der Waals surface area contributed by atoms with Crippen LogP contribution in [0.1, 0.15) is 0 Å². The van der Waals surface area contributed by atoms with Crippen LogP contribution in [0.15, 0.2) is 36.0 Å². The van der Waals surface area contributed by atoms with Crippen LogP contribution < -0.4 is 5.73 Å². The van der Waals surface area contributed by atoms with Crippen LogP contribution in [0.5, 0.6) is 0 Å². The first-order chi connectivity index (χ1) is 3.66. The monoisotopic (exact) mass is 129 g/mol. The number of hydrogen-bond acceptors (Lipinski definition) is 1. The van der Waals surface area contributed by atoms with Crippen LogP contribution in [0.2, 0.25) is 0 Å². The van der Waals surface area contributed by atoms with E-state index in [1.54, 1.807) is 0 Å². The highest BCUT2D eigenvalue weighted by Crippen LogP contribution is 1.99. The molecule has 0 radical (unpaired) electrons. The number of hydrogen-bond donors (Lipinski definition) is 1. The van der Waals surface area contributed by atoms with Crippen molar-refractivity contribution in [2.75, 3.05) is 0 Å². The molecule has 2 N–H and O–H groups in total. The standard InChI is InChI=1S/C6H8ClN/c1-3-6(8)4-5(2)7/h3-4H,1-2,8H2/b6-4+. The highest BCUT2D eigenvalue weighted by Gasteiger charge is 1.79. The molecule has 1 nitrogen and oxygen atoms in total. The van der Waals surface area contributed by atoms with Gasteiger partial charge in [-0.1, -0.05) is 24.8 Å². The van der Waals surface area contributed by atoms with Gasteiger partial charge in [0.1, 0.15) is 0 Å². The van der Waals surface area contributed by atoms with Crippen molar-refractivity contribution in [3.8, 4) is 0 Å². The Balaban J connectivity index is 3.94. The van der Waals surface area contributed by atoms with Gasteiger partial charge < -0.3 is 5.73 Å². The Morgan fingerprint density at radius 1 is 1.62 bits per heavy atom. The molecule has 0 aromatic heterocycles. The molecule has 0 saturated carbocycles. The molecular weight excluding hydrogens is 122 g/mol. The van der Waals surface area contributed by atoms with Gasteiger partial charge in [0.2, 0.25) is 0 Å². The van der Waals surface area contributed by atoms with Gasteiger partial charge in [-0.05, 0) is 12.2 Å². The summed E-state index contributed by atoms with van der Waals surface area (Å²) in [6.45, 7) is 6.82. The minimum Gasteiger partial charge on any atom is -0.399 e. The summed E-state index contributed by atoms with van der Waals surface area (Å²) in [7, 11) is 0. The average Bonchev–Trinajstić information content (AvgIpc) is 1.65. The van der Waals surface area contributed by atoms with Gasteiger partial charge in [-0.25, -0.2) is 0 Å². The fraction of sp³-hybridized carbons (Fsp3) is 0. The van der Waals surface area contributed by atoms with Crippen LogP contribution >= 0.6 is 11.6 Å². The fourth-order valence-corrected chi connectivity index (χ4v) is 0.366. The molecule has 0 rings (SSSR count). The van der Waals surface area contributed by atoms with Crippen molar-refractivity contribution in [3.63, 3.8) is 0 Å². The summed E-state index contributed by atoms with van der Waals surface area (Å²) >= 11 is 5.35. The van der Waals surface area contributed by atoms with Crippen LogP contribution in [0.3, 0.4) is 0 Å². The lowest BCUT2D eigenvalue weighted by atomic mass is 10.4. The third kappa shape index (κ3) is 3.50. The summed E-state index contributed by atoms with van der Waals surface area (Å²) in [5.74, 6) is 0. The number of rotatable bonds is 2. The molecule has 0 aromatic rings. The Morgan fingerprint density at radius 2 is 2.12 bits per heavy atom. The first-order valence-corrected chi connectivity index (χ1v) is 2.48. The minimum absolute atomic E-state index is 0.419. The molecule has 44 valence electrons. The highest BCUT2D eigenvalue weighted by molar-refractivity contribution is 6.30. The van der Waals surface area contributed by atoms with Crippen molar-refractivity contribution in [1.29, 1.82) is 0 Å². The van der Waals surface area contributed by atoms with Crippen LogP contribution in [0, 0.1) is 0 Å². The molecule has 0 spiro atoms. The molecule has 0 saturated heterocycles. The van der Waals surface area contributed by atoms with Gasteiger partial charge in [0.25, 0.3) is 0 Å². The predicted octanol–water partition coefficient (Wildman–Crippen LogP) is 1.77. The molecule has 8 heavy (non-hydrogen) atoms. The third-order valence-electron chi connectivity index (χ3n) is 0.559. The molecule has 0 heterocycles. The average molecular weight is 130 g/mol. The largest absolute Gasteiger partial charge is 0.399 e. The van der Waals surface area contributed by atoms with Crippen molar-refractivity contribution >= 4 is 11.6 Å². The topological polar surface area (TPSA) is 26.0 Å². The zero-order chi connectivity index (χ0) is 6.57. The van der Waals surface area contributed by atoms with Crippen molar-refractivity contribution in [2.24, 2.45) is 5.73 Å². The first-order valence-electron chi connectivity index (χ1n) is 2.11. The van der Waals surface area contributed by atoms with Gasteiger partial charge in [-0.15, -0.1) is 0 Å². The SMILES string of the molecule is C=C/C(N)=C\C(=C)Cl. The molecule has 0 aromatic carbocycles. The molecule has 0 unspecified atom stereocenters. The van der Waals surface area contributed by atoms with E-state index in [4.69, 9.17) is 17.3 Å². The van der Waals surface area contributed by atoms with Gasteiger partial charge in [-0.3, -0.25) is 0 Å². The van der Waals surface area contributed by atoms with E-state index >= 15 is 0 Å². The number of nitrogens with two attached hydrogens (primary N) is 1. The zero-order valence-electron chi connectivity index (χ0n) is 4.52. The van der Waals surface area contributed by atoms with E-state index in [2.05, 4.69) is 13.2 Å². The van der Waals surface area contributed by atoms with Crippen molar-refractivity contribution < 1.29 is 0 Å². The van der Waals surface area contributed by atoms with Crippen molar-refractivity contribution in [2.45, 2.75) is 0 Å². The van der Waals surface area contributed by atoms with Gasteiger partial charge in [0, 0.05) is 10.7 Å². The lowest BCUT2D eigenvalue weighted by Gasteiger charge is -1.86. The van der Waals surface area contributed by atoms with Crippen LogP contribution in [0.25, 0.3) is 0 Å². The minimum atomic E-state index is 0.419. The maximum absolute atomic E-state index is 5.35. The quantitative estimate of drug-likeness (QED) is 0.565. The second-order valence-electron chi connectivity index (χ2n) is 1.30. The van der Waals surface area contributed by atoms with Gasteiger partial charge >= 0.3 is 0 Å². The lowest BCUT2D eigenvalue weighted by Crippen LogP contribution is -1.90. The Hall–Kier alpha value is -0.690. The molecule has 0 aliphatic rings. The Labute approximate surface area is 54.1 Å².